The van der Waals surface area contributed by atoms with E-state index in [4.69, 9.17) is 16.3 Å². The largest absolute Gasteiger partial charge is 0.462 e. The first-order valence-electron chi connectivity index (χ1n) is 9.94. The van der Waals surface area contributed by atoms with Crippen molar-refractivity contribution in [3.05, 3.63) is 40.2 Å². The lowest BCUT2D eigenvalue weighted by Crippen LogP contribution is -2.42. The minimum Gasteiger partial charge on any atom is -0.462 e. The van der Waals surface area contributed by atoms with Crippen molar-refractivity contribution in [2.24, 2.45) is 11.8 Å². The van der Waals surface area contributed by atoms with Crippen LogP contribution in [0.15, 0.2) is 29.6 Å². The minimum absolute atomic E-state index is 0.110. The number of hydrogen-bond donors (Lipinski definition) is 1. The predicted octanol–water partition coefficient (Wildman–Crippen LogP) is 5.16. The minimum atomic E-state index is -0.436. The van der Waals surface area contributed by atoms with Gasteiger partial charge in [0, 0.05) is 29.1 Å². The Bertz CT molecular complexity index is 855. The van der Waals surface area contributed by atoms with Crippen LogP contribution in [0, 0.1) is 11.8 Å². The molecule has 29 heavy (non-hydrogen) atoms. The number of hydrogen-bond acceptors (Lipinski definition) is 5. The van der Waals surface area contributed by atoms with Gasteiger partial charge in [-0.3, -0.25) is 9.69 Å². The number of anilines is 1. The maximum Gasteiger partial charge on any atom is 0.341 e. The van der Waals surface area contributed by atoms with E-state index in [1.54, 1.807) is 19.1 Å². The molecule has 2 aromatic rings. The highest BCUT2D eigenvalue weighted by atomic mass is 35.5. The van der Waals surface area contributed by atoms with Crippen molar-refractivity contribution in [1.29, 1.82) is 0 Å². The lowest BCUT2D eigenvalue weighted by Gasteiger charge is -2.34. The van der Waals surface area contributed by atoms with Crippen LogP contribution in [0.1, 0.15) is 37.6 Å². The summed E-state index contributed by atoms with van der Waals surface area (Å²) in [5.74, 6) is 0.621. The number of rotatable bonds is 6. The Morgan fingerprint density at radius 2 is 1.86 bits per heavy atom. The maximum absolute atomic E-state index is 12.7. The first kappa shape index (κ1) is 21.8. The van der Waals surface area contributed by atoms with Gasteiger partial charge in [-0.25, -0.2) is 4.79 Å². The molecule has 2 unspecified atom stereocenters. The Kier molecular flexibility index (Phi) is 7.33. The number of nitrogens with zero attached hydrogens (tertiary/aromatic N) is 1. The molecule has 1 fully saturated rings. The van der Waals surface area contributed by atoms with E-state index in [0.29, 0.717) is 34.0 Å². The molecule has 0 aliphatic carbocycles. The van der Waals surface area contributed by atoms with E-state index >= 15 is 0 Å². The van der Waals surface area contributed by atoms with Crippen LogP contribution in [0.5, 0.6) is 0 Å². The summed E-state index contributed by atoms with van der Waals surface area (Å²) in [7, 11) is 0. The van der Waals surface area contributed by atoms with Gasteiger partial charge in [-0.15, -0.1) is 11.3 Å². The van der Waals surface area contributed by atoms with Crippen molar-refractivity contribution in [1.82, 2.24) is 4.90 Å². The van der Waals surface area contributed by atoms with Gasteiger partial charge in [0.15, 0.2) is 0 Å². The van der Waals surface area contributed by atoms with Crippen molar-refractivity contribution in [3.8, 4) is 11.1 Å². The molecule has 2 heterocycles. The zero-order chi connectivity index (χ0) is 21.0. The summed E-state index contributed by atoms with van der Waals surface area (Å²) in [5.41, 5.74) is 1.99. The summed E-state index contributed by atoms with van der Waals surface area (Å²) in [6, 6.07) is 7.27. The van der Waals surface area contributed by atoms with E-state index in [1.165, 1.54) is 17.8 Å². The monoisotopic (exact) mass is 434 g/mol. The average Bonchev–Trinajstić information content (AvgIpc) is 3.05. The number of thiophene rings is 1. The van der Waals surface area contributed by atoms with Crippen molar-refractivity contribution >= 4 is 39.8 Å². The fourth-order valence-corrected chi connectivity index (χ4v) is 5.09. The number of piperidine rings is 1. The molecular formula is C22H27ClN2O3S. The van der Waals surface area contributed by atoms with Crippen LogP contribution in [0.2, 0.25) is 5.02 Å². The fourth-order valence-electron chi connectivity index (χ4n) is 3.99. The van der Waals surface area contributed by atoms with E-state index in [1.807, 2.05) is 17.5 Å². The van der Waals surface area contributed by atoms with Crippen LogP contribution in [0.4, 0.5) is 5.00 Å². The van der Waals surface area contributed by atoms with Crippen LogP contribution >= 0.6 is 22.9 Å². The molecule has 1 aliphatic heterocycles. The number of halogens is 1. The Morgan fingerprint density at radius 1 is 1.21 bits per heavy atom. The quantitative estimate of drug-likeness (QED) is 0.638. The average molecular weight is 435 g/mol. The molecule has 2 atom stereocenters. The standard InChI is InChI=1S/C22H27ClN2O3S/c1-4-28-22(27)20-18(16-5-7-17(23)8-6-16)13-29-21(20)24-19(26)12-25-10-14(2)9-15(3)11-25/h5-8,13-15H,4,9-12H2,1-3H3,(H,24,26). The molecule has 1 aromatic heterocycles. The van der Waals surface area contributed by atoms with Gasteiger partial charge in [-0.05, 0) is 42.9 Å². The number of carbonyl (C=O) groups is 2. The van der Waals surface area contributed by atoms with Crippen LogP contribution in [0.25, 0.3) is 11.1 Å². The Labute approximate surface area is 181 Å². The molecule has 1 aliphatic rings. The van der Waals surface area contributed by atoms with Gasteiger partial charge < -0.3 is 10.1 Å². The van der Waals surface area contributed by atoms with Crippen molar-refractivity contribution in [2.45, 2.75) is 27.2 Å². The van der Waals surface area contributed by atoms with Gasteiger partial charge >= 0.3 is 5.97 Å². The molecule has 1 saturated heterocycles. The second kappa shape index (κ2) is 9.74. The highest BCUT2D eigenvalue weighted by Crippen LogP contribution is 2.36. The third-order valence-electron chi connectivity index (χ3n) is 4.99. The molecule has 0 radical (unpaired) electrons. The molecule has 1 N–H and O–H groups in total. The molecule has 0 bridgehead atoms. The van der Waals surface area contributed by atoms with E-state index in [2.05, 4.69) is 24.1 Å². The summed E-state index contributed by atoms with van der Waals surface area (Å²) in [6.45, 7) is 8.64. The normalized spacial score (nSPS) is 19.7. The first-order valence-corrected chi connectivity index (χ1v) is 11.2. The number of likely N-dealkylation sites (tertiary alicyclic amines) is 1. The molecule has 1 amide bonds. The highest BCUT2D eigenvalue weighted by molar-refractivity contribution is 7.15. The molecule has 156 valence electrons. The van der Waals surface area contributed by atoms with E-state index in [0.717, 1.165) is 24.2 Å². The van der Waals surface area contributed by atoms with Gasteiger partial charge in [0.05, 0.1) is 13.2 Å². The first-order chi connectivity index (χ1) is 13.9. The second-order valence-electron chi connectivity index (χ2n) is 7.77. The lowest BCUT2D eigenvalue weighted by molar-refractivity contribution is -0.117. The number of nitrogens with one attached hydrogen (secondary N) is 1. The SMILES string of the molecule is CCOC(=O)c1c(-c2ccc(Cl)cc2)csc1NC(=O)CN1CC(C)CC(C)C1. The van der Waals surface area contributed by atoms with Gasteiger partial charge in [0.25, 0.3) is 0 Å². The zero-order valence-electron chi connectivity index (χ0n) is 17.0. The van der Waals surface area contributed by atoms with E-state index in [-0.39, 0.29) is 12.5 Å². The van der Waals surface area contributed by atoms with Gasteiger partial charge in [0.2, 0.25) is 5.91 Å². The van der Waals surface area contributed by atoms with Gasteiger partial charge in [0.1, 0.15) is 10.6 Å². The Morgan fingerprint density at radius 3 is 2.48 bits per heavy atom. The van der Waals surface area contributed by atoms with Crippen molar-refractivity contribution < 1.29 is 14.3 Å². The van der Waals surface area contributed by atoms with E-state index in [9.17, 15) is 9.59 Å². The third kappa shape index (κ3) is 5.59. The number of ether oxygens (including phenoxy) is 1. The predicted molar refractivity (Wildman–Crippen MR) is 119 cm³/mol. The molecule has 0 spiro atoms. The summed E-state index contributed by atoms with van der Waals surface area (Å²) in [6.07, 6.45) is 1.19. The molecule has 0 saturated carbocycles. The molecule has 3 rings (SSSR count). The summed E-state index contributed by atoms with van der Waals surface area (Å²) < 4.78 is 5.25. The van der Waals surface area contributed by atoms with Crippen LogP contribution in [-0.4, -0.2) is 43.0 Å². The van der Waals surface area contributed by atoms with Gasteiger partial charge in [-0.1, -0.05) is 37.6 Å². The topological polar surface area (TPSA) is 58.6 Å². The number of carbonyl (C=O) groups excluding carboxylic acids is 2. The van der Waals surface area contributed by atoms with E-state index < -0.39 is 5.97 Å². The van der Waals surface area contributed by atoms with Crippen LogP contribution in [0.3, 0.4) is 0 Å². The molecule has 5 nitrogen and oxygen atoms in total. The zero-order valence-corrected chi connectivity index (χ0v) is 18.6. The third-order valence-corrected chi connectivity index (χ3v) is 6.14. The maximum atomic E-state index is 12.7. The van der Waals surface area contributed by atoms with Crippen LogP contribution < -0.4 is 5.32 Å². The smallest absolute Gasteiger partial charge is 0.341 e. The van der Waals surface area contributed by atoms with Crippen molar-refractivity contribution in [3.63, 3.8) is 0 Å². The number of benzene rings is 1. The Hall–Kier alpha value is -1.89. The number of amides is 1. The molecule has 7 heteroatoms. The number of esters is 1. The van der Waals surface area contributed by atoms with Crippen LogP contribution in [-0.2, 0) is 9.53 Å². The Balaban J connectivity index is 1.80. The highest BCUT2D eigenvalue weighted by Gasteiger charge is 2.26. The summed E-state index contributed by atoms with van der Waals surface area (Å²) in [4.78, 5) is 27.5. The van der Waals surface area contributed by atoms with Gasteiger partial charge in [-0.2, -0.15) is 0 Å². The molecule has 1 aromatic carbocycles. The fraction of sp³-hybridized carbons (Fsp3) is 0.455. The summed E-state index contributed by atoms with van der Waals surface area (Å²) in [5, 5.41) is 5.96. The summed E-state index contributed by atoms with van der Waals surface area (Å²) >= 11 is 7.32. The van der Waals surface area contributed by atoms with Crippen molar-refractivity contribution in [2.75, 3.05) is 31.6 Å². The lowest BCUT2D eigenvalue weighted by atomic mass is 9.92. The molecular weight excluding hydrogens is 408 g/mol. The second-order valence-corrected chi connectivity index (χ2v) is 9.09.